The number of ketones is 1. The fourth-order valence-corrected chi connectivity index (χ4v) is 2.54. The third-order valence-electron chi connectivity index (χ3n) is 2.59. The van der Waals surface area contributed by atoms with E-state index in [1.54, 1.807) is 24.3 Å². The molecule has 19 heavy (non-hydrogen) atoms. The molecule has 0 heterocycles. The van der Waals surface area contributed by atoms with E-state index in [4.69, 9.17) is 4.74 Å². The summed E-state index contributed by atoms with van der Waals surface area (Å²) in [7, 11) is 1.54. The van der Waals surface area contributed by atoms with Gasteiger partial charge in [0.1, 0.15) is 11.6 Å². The lowest BCUT2D eigenvalue weighted by Crippen LogP contribution is -2.04. The van der Waals surface area contributed by atoms with Crippen molar-refractivity contribution >= 4 is 37.6 Å². The first-order valence-electron chi connectivity index (χ1n) is 5.36. The summed E-state index contributed by atoms with van der Waals surface area (Å²) in [5.74, 6) is -0.298. The summed E-state index contributed by atoms with van der Waals surface area (Å²) in [6, 6.07) is 9.16. The molecule has 0 N–H and O–H groups in total. The normalized spacial score (nSPS) is 10.3. The van der Waals surface area contributed by atoms with Gasteiger partial charge in [0.05, 0.1) is 17.1 Å². The maximum absolute atomic E-state index is 13.7. The van der Waals surface area contributed by atoms with Crippen molar-refractivity contribution in [3.8, 4) is 5.75 Å². The van der Waals surface area contributed by atoms with E-state index in [0.29, 0.717) is 20.3 Å². The number of carbonyl (C=O) groups excluding carboxylic acids is 1. The Morgan fingerprint density at radius 3 is 2.53 bits per heavy atom. The van der Waals surface area contributed by atoms with Gasteiger partial charge in [-0.1, -0.05) is 15.9 Å². The highest BCUT2D eigenvalue weighted by Gasteiger charge is 2.15. The third kappa shape index (κ3) is 3.04. The first-order valence-corrected chi connectivity index (χ1v) is 6.95. The number of hydrogen-bond donors (Lipinski definition) is 0. The van der Waals surface area contributed by atoms with E-state index in [2.05, 4.69) is 31.9 Å². The largest absolute Gasteiger partial charge is 0.496 e. The van der Waals surface area contributed by atoms with Gasteiger partial charge in [0, 0.05) is 10.0 Å². The second-order valence-electron chi connectivity index (χ2n) is 3.80. The Morgan fingerprint density at radius 2 is 1.89 bits per heavy atom. The zero-order valence-corrected chi connectivity index (χ0v) is 13.1. The lowest BCUT2D eigenvalue weighted by atomic mass is 10.0. The minimum absolute atomic E-state index is 0.0337. The Morgan fingerprint density at radius 1 is 1.16 bits per heavy atom. The molecule has 0 fully saturated rings. The Labute approximate surface area is 126 Å². The number of hydrogen-bond acceptors (Lipinski definition) is 2. The van der Waals surface area contributed by atoms with Gasteiger partial charge in [0.2, 0.25) is 0 Å². The van der Waals surface area contributed by atoms with Crippen molar-refractivity contribution in [2.24, 2.45) is 0 Å². The monoisotopic (exact) mass is 386 g/mol. The fourth-order valence-electron chi connectivity index (χ4n) is 1.63. The maximum Gasteiger partial charge on any atom is 0.196 e. The van der Waals surface area contributed by atoms with Gasteiger partial charge >= 0.3 is 0 Å². The molecule has 2 nitrogen and oxygen atoms in total. The molecule has 2 aromatic rings. The van der Waals surface area contributed by atoms with Crippen LogP contribution < -0.4 is 4.74 Å². The number of rotatable bonds is 3. The Kier molecular flexibility index (Phi) is 4.37. The Hall–Kier alpha value is -1.20. The summed E-state index contributed by atoms with van der Waals surface area (Å²) < 4.78 is 20.1. The van der Waals surface area contributed by atoms with Gasteiger partial charge in [0.25, 0.3) is 0 Å². The highest BCUT2D eigenvalue weighted by molar-refractivity contribution is 9.10. The van der Waals surface area contributed by atoms with Gasteiger partial charge in [-0.3, -0.25) is 4.79 Å². The zero-order valence-electron chi connectivity index (χ0n) is 9.91. The lowest BCUT2D eigenvalue weighted by molar-refractivity contribution is 0.103. The average Bonchev–Trinajstić information content (AvgIpc) is 2.40. The van der Waals surface area contributed by atoms with Crippen LogP contribution in [-0.2, 0) is 0 Å². The number of halogens is 3. The molecule has 5 heteroatoms. The topological polar surface area (TPSA) is 26.3 Å². The van der Waals surface area contributed by atoms with Crippen LogP contribution in [0.4, 0.5) is 4.39 Å². The molecule has 0 aromatic heterocycles. The molecule has 0 aliphatic heterocycles. The minimum Gasteiger partial charge on any atom is -0.496 e. The van der Waals surface area contributed by atoms with Crippen LogP contribution in [0.2, 0.25) is 0 Å². The molecular formula is C14H9Br2FO2. The molecule has 2 aromatic carbocycles. The standard InChI is InChI=1S/C14H9Br2FO2/c1-19-13-5-2-8(6-11(13)16)14(18)10-7-9(15)3-4-12(10)17/h2-7H,1H3. The van der Waals surface area contributed by atoms with E-state index in [0.717, 1.165) is 0 Å². The molecule has 0 saturated carbocycles. The van der Waals surface area contributed by atoms with Gasteiger partial charge < -0.3 is 4.74 Å². The molecule has 0 saturated heterocycles. The fraction of sp³-hybridized carbons (Fsp3) is 0.0714. The van der Waals surface area contributed by atoms with Crippen LogP contribution in [0.25, 0.3) is 0 Å². The van der Waals surface area contributed by atoms with Gasteiger partial charge in [-0.2, -0.15) is 0 Å². The predicted octanol–water partition coefficient (Wildman–Crippen LogP) is 4.59. The van der Waals surface area contributed by atoms with Crippen LogP contribution in [0.1, 0.15) is 15.9 Å². The maximum atomic E-state index is 13.7. The minimum atomic E-state index is -0.542. The predicted molar refractivity (Wildman–Crippen MR) is 78.2 cm³/mol. The van der Waals surface area contributed by atoms with Crippen LogP contribution in [0.15, 0.2) is 45.3 Å². The van der Waals surface area contributed by atoms with Crippen LogP contribution in [0, 0.1) is 5.82 Å². The highest BCUT2D eigenvalue weighted by Crippen LogP contribution is 2.27. The van der Waals surface area contributed by atoms with Crippen molar-refractivity contribution in [1.82, 2.24) is 0 Å². The lowest BCUT2D eigenvalue weighted by Gasteiger charge is -2.07. The van der Waals surface area contributed by atoms with Crippen molar-refractivity contribution in [3.63, 3.8) is 0 Å². The summed E-state index contributed by atoms with van der Waals surface area (Å²) >= 11 is 6.53. The van der Waals surface area contributed by atoms with Crippen molar-refractivity contribution in [2.45, 2.75) is 0 Å². The smallest absolute Gasteiger partial charge is 0.196 e. The number of carbonyl (C=O) groups is 1. The third-order valence-corrected chi connectivity index (χ3v) is 3.70. The first kappa shape index (κ1) is 14.2. The van der Waals surface area contributed by atoms with E-state index in [-0.39, 0.29) is 11.3 Å². The van der Waals surface area contributed by atoms with Crippen LogP contribution in [0.3, 0.4) is 0 Å². The second kappa shape index (κ2) is 5.84. The SMILES string of the molecule is COc1ccc(C(=O)c2cc(Br)ccc2F)cc1Br. The summed E-state index contributed by atoms with van der Waals surface area (Å²) in [5, 5.41) is 0. The molecule has 2 rings (SSSR count). The summed E-state index contributed by atoms with van der Waals surface area (Å²) in [6.45, 7) is 0. The highest BCUT2D eigenvalue weighted by atomic mass is 79.9. The van der Waals surface area contributed by atoms with E-state index >= 15 is 0 Å². The first-order chi connectivity index (χ1) is 9.02. The van der Waals surface area contributed by atoms with Crippen LogP contribution in [-0.4, -0.2) is 12.9 Å². The molecule has 98 valence electrons. The van der Waals surface area contributed by atoms with E-state index in [9.17, 15) is 9.18 Å². The Bertz CT molecular complexity index is 641. The summed E-state index contributed by atoms with van der Waals surface area (Å²) in [6.07, 6.45) is 0. The molecule has 0 unspecified atom stereocenters. The summed E-state index contributed by atoms with van der Waals surface area (Å²) in [5.41, 5.74) is 0.427. The van der Waals surface area contributed by atoms with Crippen molar-refractivity contribution < 1.29 is 13.9 Å². The number of methoxy groups -OCH3 is 1. The van der Waals surface area contributed by atoms with Crippen molar-refractivity contribution in [3.05, 3.63) is 62.3 Å². The molecule has 0 amide bonds. The molecular weight excluding hydrogens is 379 g/mol. The molecule has 0 aliphatic rings. The van der Waals surface area contributed by atoms with Gasteiger partial charge in [-0.05, 0) is 52.3 Å². The summed E-state index contributed by atoms with van der Waals surface area (Å²) in [4.78, 5) is 12.2. The van der Waals surface area contributed by atoms with Gasteiger partial charge in [0.15, 0.2) is 5.78 Å². The van der Waals surface area contributed by atoms with Crippen LogP contribution in [0.5, 0.6) is 5.75 Å². The number of ether oxygens (including phenoxy) is 1. The van der Waals surface area contributed by atoms with Crippen LogP contribution >= 0.6 is 31.9 Å². The molecule has 0 aliphatic carbocycles. The number of benzene rings is 2. The van der Waals surface area contributed by atoms with E-state index in [1.807, 2.05) is 0 Å². The molecule has 0 atom stereocenters. The molecule has 0 radical (unpaired) electrons. The molecule has 0 spiro atoms. The quantitative estimate of drug-likeness (QED) is 0.720. The van der Waals surface area contributed by atoms with Crippen molar-refractivity contribution in [2.75, 3.05) is 7.11 Å². The zero-order chi connectivity index (χ0) is 14.0. The second-order valence-corrected chi connectivity index (χ2v) is 5.57. The van der Waals surface area contributed by atoms with E-state index in [1.165, 1.54) is 19.2 Å². The Balaban J connectivity index is 2.44. The molecule has 0 bridgehead atoms. The average molecular weight is 388 g/mol. The van der Waals surface area contributed by atoms with Crippen molar-refractivity contribution in [1.29, 1.82) is 0 Å². The van der Waals surface area contributed by atoms with E-state index < -0.39 is 5.82 Å². The van der Waals surface area contributed by atoms with Gasteiger partial charge in [-0.15, -0.1) is 0 Å². The van der Waals surface area contributed by atoms with Gasteiger partial charge in [-0.25, -0.2) is 4.39 Å².